The van der Waals surface area contributed by atoms with Gasteiger partial charge < -0.3 is 30.5 Å². The van der Waals surface area contributed by atoms with Crippen molar-refractivity contribution in [2.24, 2.45) is 0 Å². The quantitative estimate of drug-likeness (QED) is 0.271. The summed E-state index contributed by atoms with van der Waals surface area (Å²) in [4.78, 5) is 42.5. The number of aliphatic hydroxyl groups is 1. The number of aryl methyl sites for hydroxylation is 3. The molecular formula is C33H41N3O6. The van der Waals surface area contributed by atoms with Gasteiger partial charge in [-0.1, -0.05) is 59.7 Å². The molecule has 224 valence electrons. The van der Waals surface area contributed by atoms with E-state index in [4.69, 9.17) is 4.74 Å². The number of phenolic OH excluding ortho intramolecular Hbond substituents is 1. The van der Waals surface area contributed by atoms with Gasteiger partial charge in [-0.2, -0.15) is 0 Å². The highest BCUT2D eigenvalue weighted by molar-refractivity contribution is 5.99. The number of benzene rings is 3. The second-order valence-electron chi connectivity index (χ2n) is 11.5. The Bertz CT molecular complexity index is 1380. The van der Waals surface area contributed by atoms with E-state index in [2.05, 4.69) is 10.6 Å². The third-order valence-corrected chi connectivity index (χ3v) is 6.51. The van der Waals surface area contributed by atoms with Crippen molar-refractivity contribution in [1.82, 2.24) is 10.2 Å². The molecule has 3 amide bonds. The molecule has 3 aromatic rings. The van der Waals surface area contributed by atoms with E-state index in [0.717, 1.165) is 16.7 Å². The molecule has 0 spiro atoms. The van der Waals surface area contributed by atoms with Crippen molar-refractivity contribution in [1.29, 1.82) is 0 Å². The van der Waals surface area contributed by atoms with Crippen LogP contribution in [0.15, 0.2) is 66.7 Å². The van der Waals surface area contributed by atoms with Gasteiger partial charge in [-0.05, 0) is 76.4 Å². The molecule has 0 radical (unpaired) electrons. The number of carbonyl (C=O) groups is 3. The van der Waals surface area contributed by atoms with Crippen molar-refractivity contribution in [2.75, 3.05) is 18.5 Å². The van der Waals surface area contributed by atoms with Crippen LogP contribution < -0.4 is 10.6 Å². The predicted octanol–water partition coefficient (Wildman–Crippen LogP) is 4.95. The van der Waals surface area contributed by atoms with Crippen molar-refractivity contribution in [3.05, 3.63) is 94.5 Å². The standard InChI is InChI=1S/C33H41N3O6/c1-21-17-22(2)19-25(18-21)29(30(39)34-27-10-8-7-9-23(27)3)36(15-16-37)31(40)28(35-32(41)42-33(4,5)6)20-24-11-13-26(38)14-12-24/h7-14,17-19,28-29,37-38H,15-16,20H2,1-6H3,(H,34,39)(H,35,41). The number of aromatic hydroxyl groups is 1. The van der Waals surface area contributed by atoms with Gasteiger partial charge in [0.15, 0.2) is 0 Å². The number of nitrogens with one attached hydrogen (secondary N) is 2. The number of alkyl carbamates (subject to hydrolysis) is 1. The lowest BCUT2D eigenvalue weighted by molar-refractivity contribution is -0.141. The summed E-state index contributed by atoms with van der Waals surface area (Å²) in [7, 11) is 0. The van der Waals surface area contributed by atoms with Gasteiger partial charge in [0, 0.05) is 18.7 Å². The first-order valence-electron chi connectivity index (χ1n) is 13.9. The first kappa shape index (κ1) is 32.1. The predicted molar refractivity (Wildman–Crippen MR) is 162 cm³/mol. The summed E-state index contributed by atoms with van der Waals surface area (Å²) in [5.74, 6) is -0.977. The number of nitrogens with zero attached hydrogens (tertiary/aromatic N) is 1. The van der Waals surface area contributed by atoms with Crippen LogP contribution in [0.4, 0.5) is 10.5 Å². The van der Waals surface area contributed by atoms with E-state index in [1.165, 1.54) is 17.0 Å². The molecule has 2 atom stereocenters. The van der Waals surface area contributed by atoms with Crippen LogP contribution in [0, 0.1) is 20.8 Å². The number of rotatable bonds is 10. The molecule has 0 bridgehead atoms. The third kappa shape index (κ3) is 9.07. The van der Waals surface area contributed by atoms with Crippen molar-refractivity contribution in [2.45, 2.75) is 65.6 Å². The van der Waals surface area contributed by atoms with Crippen LogP contribution in [0.25, 0.3) is 0 Å². The van der Waals surface area contributed by atoms with Crippen LogP contribution in [0.1, 0.15) is 54.6 Å². The number of carbonyl (C=O) groups excluding carboxylic acids is 3. The largest absolute Gasteiger partial charge is 0.508 e. The van der Waals surface area contributed by atoms with Crippen LogP contribution in [0.3, 0.4) is 0 Å². The fraction of sp³-hybridized carbons (Fsp3) is 0.364. The molecule has 2 unspecified atom stereocenters. The van der Waals surface area contributed by atoms with Gasteiger partial charge >= 0.3 is 6.09 Å². The number of aliphatic hydroxyl groups excluding tert-OH is 1. The number of hydrogen-bond donors (Lipinski definition) is 4. The fourth-order valence-corrected chi connectivity index (χ4v) is 4.75. The molecule has 0 heterocycles. The Balaban J connectivity index is 2.08. The molecule has 0 aliphatic heterocycles. The summed E-state index contributed by atoms with van der Waals surface area (Å²) in [5.41, 5.74) is 3.68. The average molecular weight is 576 g/mol. The molecule has 9 nitrogen and oxygen atoms in total. The lowest BCUT2D eigenvalue weighted by Gasteiger charge is -2.34. The minimum Gasteiger partial charge on any atom is -0.508 e. The molecule has 0 saturated heterocycles. The fourth-order valence-electron chi connectivity index (χ4n) is 4.75. The molecule has 0 aromatic heterocycles. The maximum Gasteiger partial charge on any atom is 0.408 e. The number of phenols is 1. The van der Waals surface area contributed by atoms with E-state index < -0.39 is 42.2 Å². The van der Waals surface area contributed by atoms with E-state index >= 15 is 0 Å². The van der Waals surface area contributed by atoms with Crippen LogP contribution >= 0.6 is 0 Å². The highest BCUT2D eigenvalue weighted by Gasteiger charge is 2.36. The lowest BCUT2D eigenvalue weighted by atomic mass is 9.97. The van der Waals surface area contributed by atoms with E-state index in [0.29, 0.717) is 16.8 Å². The smallest absolute Gasteiger partial charge is 0.408 e. The maximum atomic E-state index is 14.3. The normalized spacial score (nSPS) is 12.6. The van der Waals surface area contributed by atoms with Crippen LogP contribution in [-0.2, 0) is 20.7 Å². The highest BCUT2D eigenvalue weighted by Crippen LogP contribution is 2.27. The van der Waals surface area contributed by atoms with E-state index in [9.17, 15) is 24.6 Å². The molecule has 0 fully saturated rings. The number of anilines is 1. The highest BCUT2D eigenvalue weighted by atomic mass is 16.6. The second-order valence-corrected chi connectivity index (χ2v) is 11.5. The molecule has 0 aliphatic carbocycles. The number of hydrogen-bond acceptors (Lipinski definition) is 6. The van der Waals surface area contributed by atoms with Crippen molar-refractivity contribution >= 4 is 23.6 Å². The Morgan fingerprint density at radius 1 is 0.929 bits per heavy atom. The lowest BCUT2D eigenvalue weighted by Crippen LogP contribution is -2.54. The Hall–Kier alpha value is -4.37. The molecular weight excluding hydrogens is 534 g/mol. The van der Waals surface area contributed by atoms with Gasteiger partial charge in [0.2, 0.25) is 5.91 Å². The molecule has 0 aliphatic rings. The summed E-state index contributed by atoms with van der Waals surface area (Å²) < 4.78 is 5.44. The van der Waals surface area contributed by atoms with Crippen LogP contribution in [0.5, 0.6) is 5.75 Å². The Labute approximate surface area is 247 Å². The van der Waals surface area contributed by atoms with Gasteiger partial charge in [0.1, 0.15) is 23.4 Å². The topological polar surface area (TPSA) is 128 Å². The first-order chi connectivity index (χ1) is 19.8. The minimum atomic E-state index is -1.14. The Morgan fingerprint density at radius 3 is 2.12 bits per heavy atom. The molecule has 3 aromatic carbocycles. The van der Waals surface area contributed by atoms with Crippen molar-refractivity contribution in [3.8, 4) is 5.75 Å². The molecule has 9 heteroatoms. The van der Waals surface area contributed by atoms with Crippen LogP contribution in [-0.4, -0.2) is 57.8 Å². The zero-order valence-electron chi connectivity index (χ0n) is 25.1. The molecule has 42 heavy (non-hydrogen) atoms. The zero-order valence-corrected chi connectivity index (χ0v) is 25.1. The third-order valence-electron chi connectivity index (χ3n) is 6.51. The van der Waals surface area contributed by atoms with Gasteiger partial charge in [-0.15, -0.1) is 0 Å². The van der Waals surface area contributed by atoms with Gasteiger partial charge in [-0.3, -0.25) is 9.59 Å². The summed E-state index contributed by atoms with van der Waals surface area (Å²) in [6.07, 6.45) is -0.741. The summed E-state index contributed by atoms with van der Waals surface area (Å²) >= 11 is 0. The van der Waals surface area contributed by atoms with Crippen molar-refractivity contribution in [3.63, 3.8) is 0 Å². The van der Waals surface area contributed by atoms with E-state index in [1.807, 2.05) is 57.2 Å². The monoisotopic (exact) mass is 575 g/mol. The maximum absolute atomic E-state index is 14.3. The second kappa shape index (κ2) is 14.0. The molecule has 4 N–H and O–H groups in total. The summed E-state index contributed by atoms with van der Waals surface area (Å²) in [5, 5.41) is 25.4. The van der Waals surface area contributed by atoms with Crippen LogP contribution in [0.2, 0.25) is 0 Å². The van der Waals surface area contributed by atoms with E-state index in [1.54, 1.807) is 39.0 Å². The number of para-hydroxylation sites is 1. The van der Waals surface area contributed by atoms with Gasteiger partial charge in [-0.25, -0.2) is 4.79 Å². The van der Waals surface area contributed by atoms with Gasteiger partial charge in [0.05, 0.1) is 6.61 Å². The van der Waals surface area contributed by atoms with E-state index in [-0.39, 0.29) is 18.7 Å². The zero-order chi connectivity index (χ0) is 31.0. The molecule has 3 rings (SSSR count). The summed E-state index contributed by atoms with van der Waals surface area (Å²) in [6, 6.07) is 17.0. The van der Waals surface area contributed by atoms with Crippen molar-refractivity contribution < 1.29 is 29.3 Å². The summed E-state index contributed by atoms with van der Waals surface area (Å²) in [6.45, 7) is 10.2. The number of ether oxygens (including phenoxy) is 1. The minimum absolute atomic E-state index is 0.0548. The van der Waals surface area contributed by atoms with Gasteiger partial charge in [0.25, 0.3) is 5.91 Å². The first-order valence-corrected chi connectivity index (χ1v) is 13.9. The Kier molecular flexibility index (Phi) is 10.7. The molecule has 0 saturated carbocycles. The average Bonchev–Trinajstić information content (AvgIpc) is 2.88. The SMILES string of the molecule is Cc1cc(C)cc(C(C(=O)Nc2ccccc2C)N(CCO)C(=O)C(Cc2ccc(O)cc2)NC(=O)OC(C)(C)C)c1. The number of amides is 3. The Morgan fingerprint density at radius 2 is 1.55 bits per heavy atom.